The average molecular weight is 353 g/mol. The second-order valence-corrected chi connectivity index (χ2v) is 12.9. The Kier molecular flexibility index (Phi) is 5.10. The Morgan fingerprint density at radius 3 is 2.72 bits per heavy atom. The fourth-order valence-electron chi connectivity index (χ4n) is 2.58. The van der Waals surface area contributed by atoms with Gasteiger partial charge in [0.15, 0.2) is 5.82 Å². The van der Waals surface area contributed by atoms with Crippen molar-refractivity contribution in [2.24, 2.45) is 0 Å². The number of ether oxygens (including phenoxy) is 1. The quantitative estimate of drug-likeness (QED) is 0.362. The molecule has 0 aliphatic rings. The molecular formula is C19H23N3O2Si. The van der Waals surface area contributed by atoms with Crippen LogP contribution in [-0.4, -0.2) is 35.5 Å². The van der Waals surface area contributed by atoms with Crippen LogP contribution < -0.4 is 0 Å². The highest BCUT2D eigenvalue weighted by atomic mass is 28.3. The van der Waals surface area contributed by atoms with Crippen LogP contribution in [0.4, 0.5) is 0 Å². The fourth-order valence-corrected chi connectivity index (χ4v) is 3.33. The first kappa shape index (κ1) is 17.5. The Hall–Kier alpha value is -2.31. The van der Waals surface area contributed by atoms with Crippen molar-refractivity contribution in [3.05, 3.63) is 48.2 Å². The largest absolute Gasteiger partial charge is 0.361 e. The maximum atomic E-state index is 11.0. The molecule has 0 spiro atoms. The number of carbonyl (C=O) groups excluding carboxylic acids is 1. The van der Waals surface area contributed by atoms with Crippen LogP contribution in [0.25, 0.3) is 22.6 Å². The zero-order chi connectivity index (χ0) is 17.9. The maximum Gasteiger partial charge on any atom is 0.161 e. The second-order valence-electron chi connectivity index (χ2n) is 7.29. The molecular weight excluding hydrogens is 330 g/mol. The lowest BCUT2D eigenvalue weighted by molar-refractivity contribution is 0.0909. The molecule has 3 rings (SSSR count). The molecule has 0 saturated carbocycles. The van der Waals surface area contributed by atoms with E-state index in [0.717, 1.165) is 41.5 Å². The van der Waals surface area contributed by atoms with Crippen molar-refractivity contribution in [2.45, 2.75) is 32.4 Å². The molecule has 0 bridgehead atoms. The molecule has 6 heteroatoms. The van der Waals surface area contributed by atoms with Gasteiger partial charge < -0.3 is 4.74 Å². The van der Waals surface area contributed by atoms with E-state index in [9.17, 15) is 4.79 Å². The van der Waals surface area contributed by atoms with Crippen LogP contribution in [0.3, 0.4) is 0 Å². The Balaban J connectivity index is 1.94. The van der Waals surface area contributed by atoms with E-state index in [1.807, 2.05) is 28.8 Å². The highest BCUT2D eigenvalue weighted by Gasteiger charge is 2.15. The summed E-state index contributed by atoms with van der Waals surface area (Å²) in [7, 11) is -1.12. The van der Waals surface area contributed by atoms with Gasteiger partial charge in [0.05, 0.1) is 11.0 Å². The molecule has 0 fully saturated rings. The van der Waals surface area contributed by atoms with E-state index < -0.39 is 8.07 Å². The molecule has 0 amide bonds. The number of hydrogen-bond acceptors (Lipinski definition) is 4. The van der Waals surface area contributed by atoms with Gasteiger partial charge in [-0.2, -0.15) is 0 Å². The lowest BCUT2D eigenvalue weighted by atomic mass is 10.2. The molecule has 0 unspecified atom stereocenters. The van der Waals surface area contributed by atoms with E-state index in [0.29, 0.717) is 12.3 Å². The number of fused-ring (bicyclic) bond motifs is 1. The molecule has 2 aromatic heterocycles. The molecule has 130 valence electrons. The van der Waals surface area contributed by atoms with Gasteiger partial charge in [0.25, 0.3) is 0 Å². The summed E-state index contributed by atoms with van der Waals surface area (Å²) >= 11 is 0. The van der Waals surface area contributed by atoms with Crippen molar-refractivity contribution in [3.63, 3.8) is 0 Å². The molecule has 0 aliphatic carbocycles. The Morgan fingerprint density at radius 2 is 2.04 bits per heavy atom. The monoisotopic (exact) mass is 353 g/mol. The van der Waals surface area contributed by atoms with Gasteiger partial charge in [-0.25, -0.2) is 4.98 Å². The maximum absolute atomic E-state index is 11.0. The molecule has 3 aromatic rings. The molecule has 1 aromatic carbocycles. The summed E-state index contributed by atoms with van der Waals surface area (Å²) in [5.74, 6) is 0.756. The molecule has 0 radical (unpaired) electrons. The van der Waals surface area contributed by atoms with Gasteiger partial charge >= 0.3 is 0 Å². The topological polar surface area (TPSA) is 57.0 Å². The van der Waals surface area contributed by atoms with Gasteiger partial charge in [-0.1, -0.05) is 25.7 Å². The van der Waals surface area contributed by atoms with E-state index in [4.69, 9.17) is 4.74 Å². The number of rotatable bonds is 7. The van der Waals surface area contributed by atoms with E-state index in [2.05, 4.69) is 29.6 Å². The summed E-state index contributed by atoms with van der Waals surface area (Å²) in [5, 5.41) is 0. The number of aromatic nitrogens is 3. The summed E-state index contributed by atoms with van der Waals surface area (Å²) < 4.78 is 7.97. The van der Waals surface area contributed by atoms with Gasteiger partial charge in [0.2, 0.25) is 0 Å². The minimum atomic E-state index is -1.12. The lowest BCUT2D eigenvalue weighted by Crippen LogP contribution is -2.22. The van der Waals surface area contributed by atoms with Crippen LogP contribution in [-0.2, 0) is 11.5 Å². The summed E-state index contributed by atoms with van der Waals surface area (Å²) in [4.78, 5) is 20.2. The highest BCUT2D eigenvalue weighted by molar-refractivity contribution is 6.76. The summed E-state index contributed by atoms with van der Waals surface area (Å²) in [5.41, 5.74) is 3.13. The smallest absolute Gasteiger partial charge is 0.161 e. The molecule has 0 atom stereocenters. The summed E-state index contributed by atoms with van der Waals surface area (Å²) in [6, 6.07) is 12.4. The van der Waals surface area contributed by atoms with E-state index in [1.165, 1.54) is 0 Å². The van der Waals surface area contributed by atoms with Gasteiger partial charge in [-0.3, -0.25) is 14.3 Å². The Morgan fingerprint density at radius 1 is 1.20 bits per heavy atom. The first-order chi connectivity index (χ1) is 12.0. The number of hydrogen-bond donors (Lipinski definition) is 0. The van der Waals surface area contributed by atoms with E-state index >= 15 is 0 Å². The Bertz CT molecular complexity index is 870. The predicted molar refractivity (Wildman–Crippen MR) is 102 cm³/mol. The van der Waals surface area contributed by atoms with Gasteiger partial charge in [-0.15, -0.1) is 0 Å². The van der Waals surface area contributed by atoms with Crippen LogP contribution in [0.15, 0.2) is 42.6 Å². The lowest BCUT2D eigenvalue weighted by Gasteiger charge is -2.16. The SMILES string of the molecule is C[Si](C)(C)CCOCn1c(-c2ccccn2)nc2cc(C=O)ccc21. The third-order valence-electron chi connectivity index (χ3n) is 4.02. The van der Waals surface area contributed by atoms with Crippen LogP contribution >= 0.6 is 0 Å². The van der Waals surface area contributed by atoms with Crippen molar-refractivity contribution >= 4 is 25.4 Å². The number of benzene rings is 1. The van der Waals surface area contributed by atoms with Crippen LogP contribution in [0, 0.1) is 0 Å². The highest BCUT2D eigenvalue weighted by Crippen LogP contribution is 2.24. The molecule has 5 nitrogen and oxygen atoms in total. The van der Waals surface area contributed by atoms with Gasteiger partial charge in [0, 0.05) is 26.4 Å². The number of aldehydes is 1. The third-order valence-corrected chi connectivity index (χ3v) is 5.72. The second kappa shape index (κ2) is 7.29. The number of imidazole rings is 1. The van der Waals surface area contributed by atoms with Gasteiger partial charge in [0.1, 0.15) is 18.7 Å². The first-order valence-electron chi connectivity index (χ1n) is 8.42. The Labute approximate surface area is 148 Å². The van der Waals surface area contributed by atoms with Crippen molar-refractivity contribution in [2.75, 3.05) is 6.61 Å². The van der Waals surface area contributed by atoms with E-state index in [1.54, 1.807) is 18.3 Å². The summed E-state index contributed by atoms with van der Waals surface area (Å²) in [6.07, 6.45) is 2.59. The molecule has 0 aliphatic heterocycles. The normalized spacial score (nSPS) is 11.8. The van der Waals surface area contributed by atoms with Crippen molar-refractivity contribution in [3.8, 4) is 11.5 Å². The number of nitrogens with zero attached hydrogens (tertiary/aromatic N) is 3. The standard InChI is InChI=1S/C19H23N3O2Si/c1-25(2,3)11-10-24-14-22-18-8-7-15(13-23)12-17(18)21-19(22)16-6-4-5-9-20-16/h4-9,12-13H,10-11,14H2,1-3H3. The zero-order valence-corrected chi connectivity index (χ0v) is 15.9. The van der Waals surface area contributed by atoms with Gasteiger partial charge in [-0.05, 0) is 36.4 Å². The zero-order valence-electron chi connectivity index (χ0n) is 14.9. The van der Waals surface area contributed by atoms with Crippen LogP contribution in [0.2, 0.25) is 25.7 Å². The van der Waals surface area contributed by atoms with Crippen LogP contribution in [0.1, 0.15) is 10.4 Å². The van der Waals surface area contributed by atoms with Crippen LogP contribution in [0.5, 0.6) is 0 Å². The van der Waals surface area contributed by atoms with E-state index in [-0.39, 0.29) is 0 Å². The fraction of sp³-hybridized carbons (Fsp3) is 0.316. The predicted octanol–water partition coefficient (Wildman–Crippen LogP) is 4.22. The third kappa shape index (κ3) is 4.21. The number of carbonyl (C=O) groups is 1. The van der Waals surface area contributed by atoms with Crippen molar-refractivity contribution < 1.29 is 9.53 Å². The molecule has 0 saturated heterocycles. The van der Waals surface area contributed by atoms with Crippen molar-refractivity contribution in [1.82, 2.24) is 14.5 Å². The molecule has 2 heterocycles. The molecule has 25 heavy (non-hydrogen) atoms. The number of pyridine rings is 1. The minimum absolute atomic E-state index is 0.424. The minimum Gasteiger partial charge on any atom is -0.361 e. The molecule has 0 N–H and O–H groups in total. The van der Waals surface area contributed by atoms with Crippen molar-refractivity contribution in [1.29, 1.82) is 0 Å². The summed E-state index contributed by atoms with van der Waals surface area (Å²) in [6.45, 7) is 8.17. The first-order valence-corrected chi connectivity index (χ1v) is 12.1. The average Bonchev–Trinajstić information content (AvgIpc) is 2.96.